The van der Waals surface area contributed by atoms with Crippen molar-refractivity contribution in [1.29, 1.82) is 0 Å². The molecular formula is C15H28O4. The number of ether oxygens (including phenoxy) is 1. The maximum Gasteiger partial charge on any atom is 0.345 e. The summed E-state index contributed by atoms with van der Waals surface area (Å²) in [5.74, 6) is -0.749. The summed E-state index contributed by atoms with van der Waals surface area (Å²) in [4.78, 5) is 21.6. The molecule has 0 aromatic heterocycles. The number of unbranched alkanes of at least 4 members (excludes halogenated alkanes) is 3. The van der Waals surface area contributed by atoms with Crippen molar-refractivity contribution in [3.05, 3.63) is 0 Å². The first-order valence-corrected chi connectivity index (χ1v) is 7.41. The molecule has 0 aromatic rings. The Morgan fingerprint density at radius 1 is 1.00 bits per heavy atom. The van der Waals surface area contributed by atoms with Crippen molar-refractivity contribution in [2.75, 3.05) is 0 Å². The van der Waals surface area contributed by atoms with E-state index in [1.165, 1.54) is 32.6 Å². The summed E-state index contributed by atoms with van der Waals surface area (Å²) in [7, 11) is 0. The third-order valence-electron chi connectivity index (χ3n) is 3.57. The van der Waals surface area contributed by atoms with Crippen LogP contribution in [0.1, 0.15) is 72.1 Å². The van der Waals surface area contributed by atoms with Crippen LogP contribution < -0.4 is 0 Å². The highest BCUT2D eigenvalue weighted by Gasteiger charge is 2.19. The lowest BCUT2D eigenvalue weighted by molar-refractivity contribution is -0.163. The number of carboxylic acids is 1. The second-order valence-electron chi connectivity index (χ2n) is 5.11. The Morgan fingerprint density at radius 2 is 1.53 bits per heavy atom. The first-order chi connectivity index (χ1) is 9.01. The van der Waals surface area contributed by atoms with Crippen molar-refractivity contribution in [3.63, 3.8) is 0 Å². The number of rotatable bonds is 11. The second kappa shape index (κ2) is 10.8. The Bertz CT molecular complexity index is 259. The zero-order chi connectivity index (χ0) is 14.7. The number of carbonyl (C=O) groups excluding carboxylic acids is 1. The standard InChI is InChI=1S/C15H28O4/c1-4-13(5-2)10-8-6-7-9-11-14(15(17)18)19-12(3)16/h13-14H,4-11H2,1-3H3,(H,17,18). The van der Waals surface area contributed by atoms with E-state index in [4.69, 9.17) is 9.84 Å². The van der Waals surface area contributed by atoms with E-state index in [9.17, 15) is 9.59 Å². The van der Waals surface area contributed by atoms with Crippen molar-refractivity contribution in [2.24, 2.45) is 5.92 Å². The summed E-state index contributed by atoms with van der Waals surface area (Å²) in [6.45, 7) is 5.70. The average Bonchev–Trinajstić information content (AvgIpc) is 2.36. The van der Waals surface area contributed by atoms with E-state index in [1.807, 2.05) is 0 Å². The van der Waals surface area contributed by atoms with E-state index in [0.29, 0.717) is 6.42 Å². The molecule has 0 saturated carbocycles. The summed E-state index contributed by atoms with van der Waals surface area (Å²) in [5.41, 5.74) is 0. The van der Waals surface area contributed by atoms with Gasteiger partial charge in [-0.2, -0.15) is 0 Å². The van der Waals surface area contributed by atoms with Gasteiger partial charge in [-0.1, -0.05) is 52.4 Å². The molecule has 4 heteroatoms. The van der Waals surface area contributed by atoms with Crippen LogP contribution in [-0.2, 0) is 14.3 Å². The van der Waals surface area contributed by atoms with Crippen molar-refractivity contribution in [3.8, 4) is 0 Å². The van der Waals surface area contributed by atoms with E-state index in [0.717, 1.165) is 25.2 Å². The fourth-order valence-corrected chi connectivity index (χ4v) is 2.25. The second-order valence-corrected chi connectivity index (χ2v) is 5.11. The Balaban J connectivity index is 3.66. The zero-order valence-corrected chi connectivity index (χ0v) is 12.5. The van der Waals surface area contributed by atoms with Gasteiger partial charge >= 0.3 is 11.9 Å². The highest BCUT2D eigenvalue weighted by Crippen LogP contribution is 2.18. The molecule has 0 fully saturated rings. The molecule has 0 aliphatic carbocycles. The van der Waals surface area contributed by atoms with Crippen LogP contribution in [0.4, 0.5) is 0 Å². The Labute approximate surface area is 116 Å². The number of carboxylic acid groups (broad SMARTS) is 1. The van der Waals surface area contributed by atoms with Crippen LogP contribution in [0.15, 0.2) is 0 Å². The smallest absolute Gasteiger partial charge is 0.345 e. The summed E-state index contributed by atoms with van der Waals surface area (Å²) in [6, 6.07) is 0. The minimum atomic E-state index is -1.05. The predicted molar refractivity (Wildman–Crippen MR) is 75.0 cm³/mol. The van der Waals surface area contributed by atoms with E-state index >= 15 is 0 Å². The van der Waals surface area contributed by atoms with Crippen molar-refractivity contribution >= 4 is 11.9 Å². The first-order valence-electron chi connectivity index (χ1n) is 7.41. The molecule has 0 aromatic carbocycles. The van der Waals surface area contributed by atoms with Crippen LogP contribution in [-0.4, -0.2) is 23.1 Å². The molecule has 0 saturated heterocycles. The molecular weight excluding hydrogens is 244 g/mol. The summed E-state index contributed by atoms with van der Waals surface area (Å²) in [6.07, 6.45) is 7.32. The van der Waals surface area contributed by atoms with Gasteiger partial charge in [-0.15, -0.1) is 0 Å². The highest BCUT2D eigenvalue weighted by atomic mass is 16.6. The van der Waals surface area contributed by atoms with Gasteiger partial charge in [0.05, 0.1) is 0 Å². The number of hydrogen-bond donors (Lipinski definition) is 1. The Morgan fingerprint density at radius 3 is 1.95 bits per heavy atom. The molecule has 0 amide bonds. The zero-order valence-electron chi connectivity index (χ0n) is 12.5. The van der Waals surface area contributed by atoms with E-state index in [2.05, 4.69) is 13.8 Å². The molecule has 0 rings (SSSR count). The number of esters is 1. The predicted octanol–water partition coefficient (Wildman–Crippen LogP) is 3.78. The Hall–Kier alpha value is -1.06. The molecule has 112 valence electrons. The normalized spacial score (nSPS) is 12.4. The third-order valence-corrected chi connectivity index (χ3v) is 3.57. The third kappa shape index (κ3) is 9.51. The largest absolute Gasteiger partial charge is 0.479 e. The van der Waals surface area contributed by atoms with E-state index < -0.39 is 18.0 Å². The van der Waals surface area contributed by atoms with Gasteiger partial charge in [-0.05, 0) is 18.8 Å². The minimum Gasteiger partial charge on any atom is -0.479 e. The minimum absolute atomic E-state index is 0.417. The molecule has 0 radical (unpaired) electrons. The van der Waals surface area contributed by atoms with Gasteiger partial charge in [-0.25, -0.2) is 4.79 Å². The molecule has 0 aliphatic heterocycles. The fraction of sp³-hybridized carbons (Fsp3) is 0.867. The number of aliphatic carboxylic acids is 1. The lowest BCUT2D eigenvalue weighted by Crippen LogP contribution is -2.25. The maximum atomic E-state index is 10.8. The van der Waals surface area contributed by atoms with Gasteiger partial charge in [0.1, 0.15) is 0 Å². The van der Waals surface area contributed by atoms with Crippen LogP contribution in [0.3, 0.4) is 0 Å². The van der Waals surface area contributed by atoms with Crippen LogP contribution in [0.25, 0.3) is 0 Å². The number of carbonyl (C=O) groups is 2. The van der Waals surface area contributed by atoms with Crippen LogP contribution in [0, 0.1) is 5.92 Å². The fourth-order valence-electron chi connectivity index (χ4n) is 2.25. The number of hydrogen-bond acceptors (Lipinski definition) is 3. The van der Waals surface area contributed by atoms with Crippen molar-refractivity contribution in [1.82, 2.24) is 0 Å². The van der Waals surface area contributed by atoms with Gasteiger partial charge in [0.2, 0.25) is 0 Å². The molecule has 0 aliphatic rings. The first kappa shape index (κ1) is 17.9. The van der Waals surface area contributed by atoms with Crippen molar-refractivity contribution in [2.45, 2.75) is 78.2 Å². The molecule has 0 spiro atoms. The van der Waals surface area contributed by atoms with Crippen molar-refractivity contribution < 1.29 is 19.4 Å². The highest BCUT2D eigenvalue weighted by molar-refractivity contribution is 5.76. The summed E-state index contributed by atoms with van der Waals surface area (Å²) < 4.78 is 4.75. The van der Waals surface area contributed by atoms with Gasteiger partial charge in [-0.3, -0.25) is 4.79 Å². The van der Waals surface area contributed by atoms with Gasteiger partial charge in [0.15, 0.2) is 6.10 Å². The Kier molecular flexibility index (Phi) is 10.2. The van der Waals surface area contributed by atoms with Gasteiger partial charge in [0.25, 0.3) is 0 Å². The van der Waals surface area contributed by atoms with Crippen LogP contribution in [0.5, 0.6) is 0 Å². The van der Waals surface area contributed by atoms with Crippen LogP contribution in [0.2, 0.25) is 0 Å². The molecule has 4 nitrogen and oxygen atoms in total. The molecule has 0 heterocycles. The summed E-state index contributed by atoms with van der Waals surface area (Å²) in [5, 5.41) is 8.88. The van der Waals surface area contributed by atoms with E-state index in [1.54, 1.807) is 0 Å². The molecule has 1 unspecified atom stereocenters. The lowest BCUT2D eigenvalue weighted by atomic mass is 9.95. The molecule has 1 atom stereocenters. The van der Waals surface area contributed by atoms with E-state index in [-0.39, 0.29) is 0 Å². The quantitative estimate of drug-likeness (QED) is 0.459. The summed E-state index contributed by atoms with van der Waals surface area (Å²) >= 11 is 0. The molecule has 1 N–H and O–H groups in total. The topological polar surface area (TPSA) is 63.6 Å². The average molecular weight is 272 g/mol. The SMILES string of the molecule is CCC(CC)CCCCCCC(OC(C)=O)C(=O)O. The van der Waals surface area contributed by atoms with Crippen LogP contribution >= 0.6 is 0 Å². The monoisotopic (exact) mass is 272 g/mol. The molecule has 0 bridgehead atoms. The lowest BCUT2D eigenvalue weighted by Gasteiger charge is -2.13. The van der Waals surface area contributed by atoms with Gasteiger partial charge in [0, 0.05) is 6.92 Å². The maximum absolute atomic E-state index is 10.8. The molecule has 19 heavy (non-hydrogen) atoms. The van der Waals surface area contributed by atoms with Gasteiger partial charge < -0.3 is 9.84 Å².